The molecular weight excluding hydrogens is 357 g/mol. The summed E-state index contributed by atoms with van der Waals surface area (Å²) in [4.78, 5) is 17.4. The van der Waals surface area contributed by atoms with Crippen molar-refractivity contribution in [2.75, 3.05) is 6.61 Å². The summed E-state index contributed by atoms with van der Waals surface area (Å²) in [5.74, 6) is -0.452. The molecule has 2 unspecified atom stereocenters. The van der Waals surface area contributed by atoms with Crippen LogP contribution in [0.4, 0.5) is 4.39 Å². The van der Waals surface area contributed by atoms with E-state index in [1.54, 1.807) is 18.2 Å². The van der Waals surface area contributed by atoms with Crippen molar-refractivity contribution in [3.05, 3.63) is 66.0 Å². The van der Waals surface area contributed by atoms with Gasteiger partial charge in [0.2, 0.25) is 0 Å². The van der Waals surface area contributed by atoms with Crippen molar-refractivity contribution in [1.29, 1.82) is 0 Å². The van der Waals surface area contributed by atoms with Gasteiger partial charge >= 0.3 is 6.01 Å². The molecule has 0 N–H and O–H groups in total. The van der Waals surface area contributed by atoms with E-state index in [0.29, 0.717) is 6.61 Å². The van der Waals surface area contributed by atoms with Crippen LogP contribution in [0.1, 0.15) is 42.5 Å². The molecule has 1 saturated carbocycles. The number of benzene rings is 2. The molecular formula is C22H22FN3O2. The normalized spacial score (nSPS) is 18.1. The van der Waals surface area contributed by atoms with Crippen LogP contribution in [0, 0.1) is 11.7 Å². The molecule has 2 aromatic carbocycles. The molecule has 1 heterocycles. The molecule has 0 radical (unpaired) electrons. The van der Waals surface area contributed by atoms with Gasteiger partial charge in [-0.15, -0.1) is 5.10 Å². The van der Waals surface area contributed by atoms with E-state index in [2.05, 4.69) is 17.0 Å². The summed E-state index contributed by atoms with van der Waals surface area (Å²) in [7, 11) is 0. The van der Waals surface area contributed by atoms with Gasteiger partial charge in [0.05, 0.1) is 12.2 Å². The second kappa shape index (κ2) is 7.92. The highest BCUT2D eigenvalue weighted by molar-refractivity contribution is 5.87. The number of halogens is 1. The molecule has 1 aliphatic carbocycles. The predicted molar refractivity (Wildman–Crippen MR) is 104 cm³/mol. The van der Waals surface area contributed by atoms with Crippen LogP contribution in [0.15, 0.2) is 54.6 Å². The summed E-state index contributed by atoms with van der Waals surface area (Å²) in [6.45, 7) is 2.52. The van der Waals surface area contributed by atoms with Gasteiger partial charge in [-0.3, -0.25) is 4.79 Å². The minimum Gasteiger partial charge on any atom is -0.462 e. The number of hydrogen-bond acceptors (Lipinski definition) is 4. The van der Waals surface area contributed by atoms with Gasteiger partial charge in [0.1, 0.15) is 5.82 Å². The summed E-state index contributed by atoms with van der Waals surface area (Å²) in [5.41, 5.74) is 1.37. The highest BCUT2D eigenvalue weighted by atomic mass is 19.1. The second-order valence-corrected chi connectivity index (χ2v) is 7.01. The van der Waals surface area contributed by atoms with Crippen molar-refractivity contribution in [2.24, 2.45) is 5.92 Å². The Labute approximate surface area is 163 Å². The number of hydrogen-bond donors (Lipinski definition) is 0. The van der Waals surface area contributed by atoms with Crippen LogP contribution in [0.5, 0.6) is 6.01 Å². The molecule has 0 amide bonds. The van der Waals surface area contributed by atoms with Gasteiger partial charge in [0.25, 0.3) is 5.91 Å². The molecule has 144 valence electrons. The van der Waals surface area contributed by atoms with Gasteiger partial charge in [-0.2, -0.15) is 9.67 Å². The largest absolute Gasteiger partial charge is 0.462 e. The van der Waals surface area contributed by atoms with Crippen LogP contribution in [0.3, 0.4) is 0 Å². The Morgan fingerprint density at radius 2 is 1.93 bits per heavy atom. The highest BCUT2D eigenvalue weighted by Gasteiger charge is 2.45. The van der Waals surface area contributed by atoms with E-state index < -0.39 is 5.82 Å². The molecule has 0 saturated heterocycles. The van der Waals surface area contributed by atoms with Crippen LogP contribution < -0.4 is 4.74 Å². The fraction of sp³-hybridized carbons (Fsp3) is 0.318. The van der Waals surface area contributed by atoms with Crippen molar-refractivity contribution in [2.45, 2.75) is 32.1 Å². The van der Waals surface area contributed by atoms with E-state index in [0.717, 1.165) is 24.8 Å². The molecule has 0 bridgehead atoms. The lowest BCUT2D eigenvalue weighted by Gasteiger charge is -2.05. The fourth-order valence-electron chi connectivity index (χ4n) is 3.33. The maximum Gasteiger partial charge on any atom is 0.336 e. The Morgan fingerprint density at radius 3 is 2.68 bits per heavy atom. The number of aromatic nitrogens is 3. The maximum absolute atomic E-state index is 14.4. The third-order valence-corrected chi connectivity index (χ3v) is 4.98. The Morgan fingerprint density at radius 1 is 1.18 bits per heavy atom. The first-order chi connectivity index (χ1) is 13.7. The number of carbonyl (C=O) groups is 1. The summed E-state index contributed by atoms with van der Waals surface area (Å²) in [6.07, 6.45) is 2.59. The number of ether oxygens (including phenoxy) is 1. The summed E-state index contributed by atoms with van der Waals surface area (Å²) < 4.78 is 21.1. The van der Waals surface area contributed by atoms with Crippen LogP contribution in [-0.2, 0) is 0 Å². The van der Waals surface area contributed by atoms with Crippen LogP contribution >= 0.6 is 0 Å². The number of carbonyl (C=O) groups excluding carboxylic acids is 1. The Hall–Kier alpha value is -3.02. The standard InChI is InChI=1S/C22H22FN3O2/c1-2-3-13-28-22-24-20(16-11-7-8-12-19(16)23)26(25-22)21(27)18-14-17(18)15-9-5-4-6-10-15/h4-12,17-18H,2-3,13-14H2,1H3. The van der Waals surface area contributed by atoms with E-state index in [9.17, 15) is 9.18 Å². The van der Waals surface area contributed by atoms with E-state index in [1.807, 2.05) is 30.3 Å². The maximum atomic E-state index is 14.4. The average molecular weight is 379 g/mol. The molecule has 3 aromatic rings. The zero-order valence-corrected chi connectivity index (χ0v) is 15.7. The SMILES string of the molecule is CCCCOc1nc(-c2ccccc2F)n(C(=O)C2CC2c2ccccc2)n1. The smallest absolute Gasteiger partial charge is 0.336 e. The monoisotopic (exact) mass is 379 g/mol. The molecule has 2 atom stereocenters. The van der Waals surface area contributed by atoms with E-state index in [-0.39, 0.29) is 35.1 Å². The molecule has 1 aromatic heterocycles. The van der Waals surface area contributed by atoms with E-state index in [1.165, 1.54) is 10.7 Å². The molecule has 1 fully saturated rings. The Bertz CT molecular complexity index is 971. The quantitative estimate of drug-likeness (QED) is 0.558. The highest BCUT2D eigenvalue weighted by Crippen LogP contribution is 2.48. The molecule has 4 rings (SSSR count). The van der Waals surface area contributed by atoms with Gasteiger partial charge < -0.3 is 4.74 Å². The lowest BCUT2D eigenvalue weighted by atomic mass is 10.1. The Kier molecular flexibility index (Phi) is 5.19. The van der Waals surface area contributed by atoms with Crippen molar-refractivity contribution in [1.82, 2.24) is 14.8 Å². The van der Waals surface area contributed by atoms with Gasteiger partial charge in [-0.05, 0) is 36.5 Å². The molecule has 28 heavy (non-hydrogen) atoms. The van der Waals surface area contributed by atoms with Crippen molar-refractivity contribution < 1.29 is 13.9 Å². The van der Waals surface area contributed by atoms with Gasteiger partial charge in [-0.25, -0.2) is 4.39 Å². The van der Waals surface area contributed by atoms with Gasteiger partial charge in [0.15, 0.2) is 5.82 Å². The second-order valence-electron chi connectivity index (χ2n) is 7.01. The third-order valence-electron chi connectivity index (χ3n) is 4.98. The number of unbranched alkanes of at least 4 members (excludes halogenated alkanes) is 1. The van der Waals surface area contributed by atoms with Crippen LogP contribution in [-0.4, -0.2) is 27.3 Å². The minimum atomic E-state index is -0.445. The average Bonchev–Trinajstić information content (AvgIpc) is 3.42. The first-order valence-corrected chi connectivity index (χ1v) is 9.63. The van der Waals surface area contributed by atoms with Gasteiger partial charge in [-0.1, -0.05) is 55.8 Å². The first-order valence-electron chi connectivity index (χ1n) is 9.63. The van der Waals surface area contributed by atoms with Crippen molar-refractivity contribution in [3.8, 4) is 17.4 Å². The number of nitrogens with zero attached hydrogens (tertiary/aromatic N) is 3. The molecule has 0 spiro atoms. The van der Waals surface area contributed by atoms with Crippen LogP contribution in [0.25, 0.3) is 11.4 Å². The Balaban J connectivity index is 1.63. The summed E-state index contributed by atoms with van der Waals surface area (Å²) in [5, 5.41) is 4.26. The lowest BCUT2D eigenvalue weighted by molar-refractivity contribution is 0.0867. The van der Waals surface area contributed by atoms with E-state index >= 15 is 0 Å². The topological polar surface area (TPSA) is 57.0 Å². The van der Waals surface area contributed by atoms with Crippen molar-refractivity contribution in [3.63, 3.8) is 0 Å². The lowest BCUT2D eigenvalue weighted by Crippen LogP contribution is -2.17. The minimum absolute atomic E-state index is 0.108. The van der Waals surface area contributed by atoms with Crippen LogP contribution in [0.2, 0.25) is 0 Å². The predicted octanol–water partition coefficient (Wildman–Crippen LogP) is 4.71. The van der Waals surface area contributed by atoms with E-state index in [4.69, 9.17) is 4.74 Å². The molecule has 0 aliphatic heterocycles. The zero-order chi connectivity index (χ0) is 19.5. The molecule has 6 heteroatoms. The zero-order valence-electron chi connectivity index (χ0n) is 15.7. The van der Waals surface area contributed by atoms with Gasteiger partial charge in [0, 0.05) is 5.92 Å². The third kappa shape index (κ3) is 3.67. The molecule has 1 aliphatic rings. The summed E-state index contributed by atoms with van der Waals surface area (Å²) in [6, 6.07) is 16.3. The van der Waals surface area contributed by atoms with Crippen molar-refractivity contribution >= 4 is 5.91 Å². The number of rotatable bonds is 7. The molecule has 5 nitrogen and oxygen atoms in total. The summed E-state index contributed by atoms with van der Waals surface area (Å²) >= 11 is 0. The fourth-order valence-corrected chi connectivity index (χ4v) is 3.33. The first kappa shape index (κ1) is 18.3.